The Labute approximate surface area is 143 Å². The Balaban J connectivity index is 0.00000242. The quantitative estimate of drug-likeness (QED) is 0.862. The third-order valence-electron chi connectivity index (χ3n) is 4.05. The van der Waals surface area contributed by atoms with Gasteiger partial charge < -0.3 is 11.1 Å². The number of hydrogen-bond acceptors (Lipinski definition) is 3. The van der Waals surface area contributed by atoms with Crippen molar-refractivity contribution in [3.8, 4) is 0 Å². The normalized spacial score (nSPS) is 20.0. The van der Waals surface area contributed by atoms with Crippen molar-refractivity contribution in [2.24, 2.45) is 11.7 Å². The molecule has 0 spiro atoms. The van der Waals surface area contributed by atoms with Crippen LogP contribution in [0.3, 0.4) is 0 Å². The van der Waals surface area contributed by atoms with Crippen LogP contribution in [0.1, 0.15) is 31.4 Å². The fourth-order valence-corrected chi connectivity index (χ4v) is 3.18. The number of carbonyl (C=O) groups excluding carboxylic acids is 1. The van der Waals surface area contributed by atoms with E-state index in [0.29, 0.717) is 24.0 Å². The van der Waals surface area contributed by atoms with Gasteiger partial charge in [0.15, 0.2) is 0 Å². The summed E-state index contributed by atoms with van der Waals surface area (Å²) in [5.41, 5.74) is 6.68. The highest BCUT2D eigenvalue weighted by molar-refractivity contribution is 6.31. The Bertz CT molecular complexity index is 484. The fourth-order valence-electron chi connectivity index (χ4n) is 2.88. The van der Waals surface area contributed by atoms with Crippen molar-refractivity contribution >= 4 is 29.9 Å². The van der Waals surface area contributed by atoms with Gasteiger partial charge in [-0.3, -0.25) is 9.69 Å². The Morgan fingerprint density at radius 3 is 2.91 bits per heavy atom. The van der Waals surface area contributed by atoms with Crippen LogP contribution < -0.4 is 11.1 Å². The number of likely N-dealkylation sites (tertiary alicyclic amines) is 1. The number of halogens is 2. The third kappa shape index (κ3) is 5.43. The van der Waals surface area contributed by atoms with E-state index in [9.17, 15) is 4.79 Å². The molecule has 1 aliphatic heterocycles. The number of piperidine rings is 1. The van der Waals surface area contributed by atoms with E-state index in [2.05, 4.69) is 10.2 Å². The molecular weight excluding hydrogens is 321 g/mol. The van der Waals surface area contributed by atoms with Gasteiger partial charge in [0.1, 0.15) is 0 Å². The number of nitrogens with zero attached hydrogens (tertiary/aromatic N) is 1. The monoisotopic (exact) mass is 345 g/mol. The standard InChI is InChI=1S/C16H24ClN3O.ClH/c1-12(14-6-2-3-7-15(14)17)19-16(21)11-20-8-4-5-13(9-18)10-20;/h2-3,6-7,12-13H,4-5,8-11,18H2,1H3,(H,19,21);1H. The predicted octanol–water partition coefficient (Wildman–Crippen LogP) is 2.61. The average Bonchev–Trinajstić information content (AvgIpc) is 2.47. The first kappa shape index (κ1) is 19.2. The Kier molecular flexibility index (Phi) is 8.18. The van der Waals surface area contributed by atoms with Crippen LogP contribution in [0, 0.1) is 5.92 Å². The molecule has 1 aliphatic rings. The maximum absolute atomic E-state index is 12.2. The Morgan fingerprint density at radius 2 is 2.23 bits per heavy atom. The van der Waals surface area contributed by atoms with Crippen molar-refractivity contribution in [2.75, 3.05) is 26.2 Å². The maximum Gasteiger partial charge on any atom is 0.234 e. The van der Waals surface area contributed by atoms with Crippen molar-refractivity contribution in [1.29, 1.82) is 0 Å². The van der Waals surface area contributed by atoms with Gasteiger partial charge in [0.2, 0.25) is 5.91 Å². The molecule has 0 radical (unpaired) electrons. The SMILES string of the molecule is CC(NC(=O)CN1CCCC(CN)C1)c1ccccc1Cl.Cl. The lowest BCUT2D eigenvalue weighted by Gasteiger charge is -2.31. The number of nitrogens with one attached hydrogen (secondary N) is 1. The van der Waals surface area contributed by atoms with Gasteiger partial charge >= 0.3 is 0 Å². The van der Waals surface area contributed by atoms with Crippen molar-refractivity contribution in [2.45, 2.75) is 25.8 Å². The molecule has 2 rings (SSSR count). The molecule has 22 heavy (non-hydrogen) atoms. The van der Waals surface area contributed by atoms with Gasteiger partial charge in [-0.1, -0.05) is 29.8 Å². The zero-order valence-corrected chi connectivity index (χ0v) is 14.5. The molecule has 4 nitrogen and oxygen atoms in total. The van der Waals surface area contributed by atoms with Gasteiger partial charge in [0.05, 0.1) is 12.6 Å². The lowest BCUT2D eigenvalue weighted by Crippen LogP contribution is -2.44. The van der Waals surface area contributed by atoms with Crippen molar-refractivity contribution < 1.29 is 4.79 Å². The van der Waals surface area contributed by atoms with Crippen LogP contribution in [-0.4, -0.2) is 37.0 Å². The molecule has 1 fully saturated rings. The number of nitrogens with two attached hydrogens (primary N) is 1. The number of benzene rings is 1. The molecule has 1 aromatic carbocycles. The van der Waals surface area contributed by atoms with Gasteiger partial charge in [0.25, 0.3) is 0 Å². The van der Waals surface area contributed by atoms with Crippen LogP contribution in [0.25, 0.3) is 0 Å². The molecule has 6 heteroatoms. The maximum atomic E-state index is 12.2. The zero-order chi connectivity index (χ0) is 15.2. The summed E-state index contributed by atoms with van der Waals surface area (Å²) in [6, 6.07) is 7.53. The lowest BCUT2D eigenvalue weighted by atomic mass is 9.98. The van der Waals surface area contributed by atoms with E-state index >= 15 is 0 Å². The van der Waals surface area contributed by atoms with Crippen LogP contribution in [0.15, 0.2) is 24.3 Å². The first-order valence-corrected chi connectivity index (χ1v) is 7.94. The topological polar surface area (TPSA) is 58.4 Å². The van der Waals surface area contributed by atoms with E-state index in [1.807, 2.05) is 31.2 Å². The van der Waals surface area contributed by atoms with Crippen molar-refractivity contribution in [1.82, 2.24) is 10.2 Å². The molecule has 0 aliphatic carbocycles. The second kappa shape index (κ2) is 9.36. The summed E-state index contributed by atoms with van der Waals surface area (Å²) in [5.74, 6) is 0.563. The van der Waals surface area contributed by atoms with E-state index < -0.39 is 0 Å². The number of carbonyl (C=O) groups is 1. The van der Waals surface area contributed by atoms with Gasteiger partial charge in [-0.2, -0.15) is 0 Å². The second-order valence-electron chi connectivity index (χ2n) is 5.79. The summed E-state index contributed by atoms with van der Waals surface area (Å²) in [5, 5.41) is 3.71. The summed E-state index contributed by atoms with van der Waals surface area (Å²) in [6.45, 7) is 4.99. The van der Waals surface area contributed by atoms with Gasteiger partial charge in [-0.15, -0.1) is 12.4 Å². The van der Waals surface area contributed by atoms with Crippen molar-refractivity contribution in [3.05, 3.63) is 34.9 Å². The minimum absolute atomic E-state index is 0. The summed E-state index contributed by atoms with van der Waals surface area (Å²) >= 11 is 6.16. The van der Waals surface area contributed by atoms with E-state index in [1.165, 1.54) is 6.42 Å². The molecule has 124 valence electrons. The predicted molar refractivity (Wildman–Crippen MR) is 93.5 cm³/mol. The highest BCUT2D eigenvalue weighted by Gasteiger charge is 2.21. The van der Waals surface area contributed by atoms with Crippen molar-refractivity contribution in [3.63, 3.8) is 0 Å². The summed E-state index contributed by atoms with van der Waals surface area (Å²) in [7, 11) is 0. The fraction of sp³-hybridized carbons (Fsp3) is 0.562. The largest absolute Gasteiger partial charge is 0.348 e. The molecule has 3 N–H and O–H groups in total. The Hall–Kier alpha value is -0.810. The van der Waals surface area contributed by atoms with Gasteiger partial charge in [-0.25, -0.2) is 0 Å². The van der Waals surface area contributed by atoms with Crippen LogP contribution in [-0.2, 0) is 4.79 Å². The molecule has 1 heterocycles. The van der Waals surface area contributed by atoms with Crippen LogP contribution in [0.4, 0.5) is 0 Å². The highest BCUT2D eigenvalue weighted by atomic mass is 35.5. The van der Waals surface area contributed by atoms with E-state index in [0.717, 1.165) is 25.1 Å². The summed E-state index contributed by atoms with van der Waals surface area (Å²) in [6.07, 6.45) is 2.29. The minimum atomic E-state index is -0.0821. The smallest absolute Gasteiger partial charge is 0.234 e. The van der Waals surface area contributed by atoms with Gasteiger partial charge in [-0.05, 0) is 50.4 Å². The van der Waals surface area contributed by atoms with Gasteiger partial charge in [0, 0.05) is 11.6 Å². The summed E-state index contributed by atoms with van der Waals surface area (Å²) < 4.78 is 0. The van der Waals surface area contributed by atoms with E-state index in [4.69, 9.17) is 17.3 Å². The van der Waals surface area contributed by atoms with Crippen LogP contribution in [0.2, 0.25) is 5.02 Å². The molecular formula is C16H25Cl2N3O. The number of rotatable bonds is 5. The van der Waals surface area contributed by atoms with E-state index in [-0.39, 0.29) is 24.4 Å². The minimum Gasteiger partial charge on any atom is -0.348 e. The molecule has 2 unspecified atom stereocenters. The first-order valence-electron chi connectivity index (χ1n) is 7.56. The number of hydrogen-bond donors (Lipinski definition) is 2. The molecule has 0 aromatic heterocycles. The average molecular weight is 346 g/mol. The molecule has 2 atom stereocenters. The lowest BCUT2D eigenvalue weighted by molar-refractivity contribution is -0.123. The molecule has 1 saturated heterocycles. The number of amides is 1. The molecule has 0 saturated carbocycles. The van der Waals surface area contributed by atoms with Crippen LogP contribution in [0.5, 0.6) is 0 Å². The molecule has 1 amide bonds. The van der Waals surface area contributed by atoms with E-state index in [1.54, 1.807) is 0 Å². The third-order valence-corrected chi connectivity index (χ3v) is 4.40. The highest BCUT2D eigenvalue weighted by Crippen LogP contribution is 2.22. The van der Waals surface area contributed by atoms with Crippen LogP contribution >= 0.6 is 24.0 Å². The second-order valence-corrected chi connectivity index (χ2v) is 6.20. The summed E-state index contributed by atoms with van der Waals surface area (Å²) in [4.78, 5) is 14.4. The molecule has 1 aromatic rings. The zero-order valence-electron chi connectivity index (χ0n) is 12.9. The molecule has 0 bridgehead atoms. The first-order chi connectivity index (χ1) is 10.1. The Morgan fingerprint density at radius 1 is 1.50 bits per heavy atom.